The van der Waals surface area contributed by atoms with Gasteiger partial charge in [-0.2, -0.15) is 0 Å². The minimum Gasteiger partial charge on any atom is -0.326 e. The molecule has 4 rings (SSSR count). The highest BCUT2D eigenvalue weighted by Gasteiger charge is 2.37. The summed E-state index contributed by atoms with van der Waals surface area (Å²) in [4.78, 5) is 26.7. The number of fused-ring (bicyclic) bond motifs is 1. The van der Waals surface area contributed by atoms with E-state index < -0.39 is 15.7 Å². The van der Waals surface area contributed by atoms with Crippen molar-refractivity contribution in [2.75, 3.05) is 22.5 Å². The molecule has 2 aromatic rings. The maximum atomic E-state index is 13.0. The van der Waals surface area contributed by atoms with Crippen LogP contribution >= 0.6 is 27.5 Å². The molecule has 2 amide bonds. The van der Waals surface area contributed by atoms with E-state index in [2.05, 4.69) is 21.2 Å². The van der Waals surface area contributed by atoms with Gasteiger partial charge in [-0.1, -0.05) is 17.7 Å². The Balaban J connectivity index is 1.50. The van der Waals surface area contributed by atoms with E-state index in [9.17, 15) is 18.0 Å². The summed E-state index contributed by atoms with van der Waals surface area (Å²) < 4.78 is 26.5. The monoisotopic (exact) mass is 524 g/mol. The van der Waals surface area contributed by atoms with E-state index in [1.807, 2.05) is 0 Å². The third kappa shape index (κ3) is 4.66. The number of rotatable bonds is 6. The molecule has 0 bridgehead atoms. The van der Waals surface area contributed by atoms with Crippen LogP contribution in [0.3, 0.4) is 0 Å². The lowest BCUT2D eigenvalue weighted by Gasteiger charge is -2.18. The van der Waals surface area contributed by atoms with Crippen LogP contribution in [0.2, 0.25) is 5.02 Å². The van der Waals surface area contributed by atoms with Gasteiger partial charge in [0.05, 0.1) is 10.6 Å². The minimum atomic E-state index is -3.74. The molecule has 0 aromatic heterocycles. The molecule has 0 radical (unpaired) electrons. The number of anilines is 2. The highest BCUT2D eigenvalue weighted by atomic mass is 79.9. The molecule has 0 unspecified atom stereocenters. The zero-order valence-electron chi connectivity index (χ0n) is 17.0. The zero-order valence-corrected chi connectivity index (χ0v) is 20.1. The smallest absolute Gasteiger partial charge is 0.230 e. The van der Waals surface area contributed by atoms with Gasteiger partial charge in [-0.25, -0.2) is 8.42 Å². The van der Waals surface area contributed by atoms with Crippen molar-refractivity contribution in [3.8, 4) is 0 Å². The highest BCUT2D eigenvalue weighted by molar-refractivity contribution is 9.10. The molecule has 0 spiro atoms. The SMILES string of the molecule is Cc1c(Cl)cccc1NC(=O)CCS(=O)(=O)c1cc2c(cc1Br)CCN2C(=O)C1CC1. The summed E-state index contributed by atoms with van der Waals surface area (Å²) in [6.45, 7) is 2.35. The second-order valence-electron chi connectivity index (χ2n) is 7.95. The van der Waals surface area contributed by atoms with Crippen LogP contribution in [0.25, 0.3) is 0 Å². The van der Waals surface area contributed by atoms with Crippen LogP contribution in [-0.2, 0) is 25.8 Å². The topological polar surface area (TPSA) is 83.6 Å². The van der Waals surface area contributed by atoms with Crippen LogP contribution in [-0.4, -0.2) is 32.5 Å². The molecule has 1 N–H and O–H groups in total. The van der Waals surface area contributed by atoms with E-state index in [0.29, 0.717) is 33.8 Å². The Morgan fingerprint density at radius 1 is 1.26 bits per heavy atom. The Morgan fingerprint density at radius 3 is 2.71 bits per heavy atom. The second kappa shape index (κ2) is 8.56. The first-order chi connectivity index (χ1) is 14.7. The molecule has 0 saturated heterocycles. The Hall–Kier alpha value is -1.90. The van der Waals surface area contributed by atoms with Crippen molar-refractivity contribution in [1.82, 2.24) is 0 Å². The number of nitrogens with one attached hydrogen (secondary N) is 1. The number of carbonyl (C=O) groups is 2. The van der Waals surface area contributed by atoms with Crippen molar-refractivity contribution in [2.45, 2.75) is 37.5 Å². The average Bonchev–Trinajstić information content (AvgIpc) is 3.49. The Morgan fingerprint density at radius 2 is 2.00 bits per heavy atom. The summed E-state index contributed by atoms with van der Waals surface area (Å²) in [5.74, 6) is -0.613. The molecule has 2 aliphatic rings. The van der Waals surface area contributed by atoms with Crippen LogP contribution in [0.1, 0.15) is 30.4 Å². The summed E-state index contributed by atoms with van der Waals surface area (Å²) in [7, 11) is -3.74. The molecule has 1 aliphatic heterocycles. The lowest BCUT2D eigenvalue weighted by atomic mass is 10.2. The van der Waals surface area contributed by atoms with Gasteiger partial charge in [0.1, 0.15) is 0 Å². The zero-order chi connectivity index (χ0) is 22.3. The molecule has 164 valence electrons. The van der Waals surface area contributed by atoms with E-state index in [1.165, 1.54) is 0 Å². The lowest BCUT2D eigenvalue weighted by Crippen LogP contribution is -2.30. The van der Waals surface area contributed by atoms with Crippen LogP contribution in [0.5, 0.6) is 0 Å². The number of amides is 2. The molecular formula is C22H22BrClN2O4S. The van der Waals surface area contributed by atoms with Gasteiger partial charge in [0, 0.05) is 39.8 Å². The van der Waals surface area contributed by atoms with Gasteiger partial charge in [-0.15, -0.1) is 0 Å². The lowest BCUT2D eigenvalue weighted by molar-refractivity contribution is -0.119. The van der Waals surface area contributed by atoms with Gasteiger partial charge >= 0.3 is 0 Å². The predicted octanol–water partition coefficient (Wildman–Crippen LogP) is 4.51. The third-order valence-electron chi connectivity index (χ3n) is 5.70. The Bertz CT molecular complexity index is 1180. The standard InChI is InChI=1S/C22H22BrClN2O4S/c1-13-17(24)3-2-4-18(13)25-21(27)8-10-31(29,30)20-12-19-15(11-16(20)23)7-9-26(19)22(28)14-5-6-14/h2-4,11-12,14H,5-10H2,1H3,(H,25,27). The molecule has 31 heavy (non-hydrogen) atoms. The van der Waals surface area contributed by atoms with Gasteiger partial charge in [-0.3, -0.25) is 9.59 Å². The van der Waals surface area contributed by atoms with Crippen LogP contribution < -0.4 is 10.2 Å². The average molecular weight is 526 g/mol. The first-order valence-corrected chi connectivity index (χ1v) is 12.9. The minimum absolute atomic E-state index is 0.0632. The number of nitrogens with zero attached hydrogens (tertiary/aromatic N) is 1. The van der Waals surface area contributed by atoms with Crippen molar-refractivity contribution in [1.29, 1.82) is 0 Å². The summed E-state index contributed by atoms with van der Waals surface area (Å²) >= 11 is 9.43. The Kier molecular flexibility index (Phi) is 6.16. The van der Waals surface area contributed by atoms with Crippen molar-refractivity contribution in [3.63, 3.8) is 0 Å². The van der Waals surface area contributed by atoms with E-state index in [0.717, 1.165) is 24.0 Å². The number of sulfone groups is 1. The van der Waals surface area contributed by atoms with Crippen LogP contribution in [0, 0.1) is 12.8 Å². The first kappa shape index (κ1) is 22.3. The van der Waals surface area contributed by atoms with Gasteiger partial charge in [0.2, 0.25) is 11.8 Å². The molecule has 1 fully saturated rings. The van der Waals surface area contributed by atoms with Crippen molar-refractivity contribution < 1.29 is 18.0 Å². The van der Waals surface area contributed by atoms with E-state index in [1.54, 1.807) is 42.2 Å². The van der Waals surface area contributed by atoms with Gasteiger partial charge in [0.15, 0.2) is 9.84 Å². The van der Waals surface area contributed by atoms with Crippen molar-refractivity contribution in [2.24, 2.45) is 5.92 Å². The van der Waals surface area contributed by atoms with E-state index >= 15 is 0 Å². The second-order valence-corrected chi connectivity index (χ2v) is 11.3. The molecule has 9 heteroatoms. The number of halogens is 2. The first-order valence-electron chi connectivity index (χ1n) is 10.1. The summed E-state index contributed by atoms with van der Waals surface area (Å²) in [5, 5.41) is 3.25. The molecule has 1 heterocycles. The van der Waals surface area contributed by atoms with Crippen molar-refractivity contribution >= 4 is 60.6 Å². The summed E-state index contributed by atoms with van der Waals surface area (Å²) in [5.41, 5.74) is 2.90. The van der Waals surface area contributed by atoms with Crippen molar-refractivity contribution in [3.05, 3.63) is 51.0 Å². The normalized spacial score (nSPS) is 15.6. The third-order valence-corrected chi connectivity index (χ3v) is 8.77. The maximum absolute atomic E-state index is 13.0. The fraction of sp³-hybridized carbons (Fsp3) is 0.364. The highest BCUT2D eigenvalue weighted by Crippen LogP contribution is 2.39. The number of carbonyl (C=O) groups excluding carboxylic acids is 2. The molecule has 1 saturated carbocycles. The van der Waals surface area contributed by atoms with Gasteiger partial charge < -0.3 is 10.2 Å². The fourth-order valence-electron chi connectivity index (χ4n) is 3.70. The molecule has 6 nitrogen and oxygen atoms in total. The van der Waals surface area contributed by atoms with Gasteiger partial charge in [-0.05, 0) is 77.5 Å². The Labute approximate surface area is 195 Å². The van der Waals surface area contributed by atoms with E-state index in [4.69, 9.17) is 11.6 Å². The van der Waals surface area contributed by atoms with E-state index in [-0.39, 0.29) is 28.9 Å². The summed E-state index contributed by atoms with van der Waals surface area (Å²) in [6, 6.07) is 8.51. The number of hydrogen-bond acceptors (Lipinski definition) is 4. The number of hydrogen-bond donors (Lipinski definition) is 1. The largest absolute Gasteiger partial charge is 0.326 e. The molecule has 2 aromatic carbocycles. The quantitative estimate of drug-likeness (QED) is 0.601. The fourth-order valence-corrected chi connectivity index (χ4v) is 6.33. The van der Waals surface area contributed by atoms with Crippen LogP contribution in [0.4, 0.5) is 11.4 Å². The number of benzene rings is 2. The summed E-state index contributed by atoms with van der Waals surface area (Å²) in [6.07, 6.45) is 2.30. The van der Waals surface area contributed by atoms with Crippen LogP contribution in [0.15, 0.2) is 39.7 Å². The molecule has 0 atom stereocenters. The molecular weight excluding hydrogens is 504 g/mol. The predicted molar refractivity (Wildman–Crippen MR) is 124 cm³/mol. The molecule has 1 aliphatic carbocycles. The van der Waals surface area contributed by atoms with Gasteiger partial charge in [0.25, 0.3) is 0 Å². The maximum Gasteiger partial charge on any atom is 0.230 e.